The van der Waals surface area contributed by atoms with E-state index >= 15 is 0 Å². The fourth-order valence-corrected chi connectivity index (χ4v) is 2.79. The van der Waals surface area contributed by atoms with E-state index in [1.54, 1.807) is 19.9 Å². The normalized spacial score (nSPS) is 10.3. The van der Waals surface area contributed by atoms with Gasteiger partial charge in [-0.2, -0.15) is 5.26 Å². The number of aryl methyl sites for hydroxylation is 1. The van der Waals surface area contributed by atoms with E-state index in [4.69, 9.17) is 5.26 Å². The summed E-state index contributed by atoms with van der Waals surface area (Å²) in [5.74, 6) is -0.416. The van der Waals surface area contributed by atoms with Crippen LogP contribution in [0.2, 0.25) is 0 Å². The number of H-pyrrole nitrogens is 1. The number of hydrogen-bond acceptors (Lipinski definition) is 3. The van der Waals surface area contributed by atoms with Gasteiger partial charge in [-0.1, -0.05) is 12.1 Å². The Labute approximate surface area is 145 Å². The zero-order chi connectivity index (χ0) is 18.4. The second-order valence-corrected chi connectivity index (χ2v) is 5.90. The lowest BCUT2D eigenvalue weighted by Gasteiger charge is -2.11. The van der Waals surface area contributed by atoms with Crippen LogP contribution >= 0.6 is 0 Å². The van der Waals surface area contributed by atoms with Crippen molar-refractivity contribution in [3.05, 3.63) is 68.4 Å². The summed E-state index contributed by atoms with van der Waals surface area (Å²) < 4.78 is 13.1. The molecule has 5 nitrogen and oxygen atoms in total. The second kappa shape index (κ2) is 8.25. The number of nitrogens with zero attached hydrogens (tertiary/aromatic N) is 1. The van der Waals surface area contributed by atoms with Gasteiger partial charge in [-0.25, -0.2) is 4.39 Å². The summed E-state index contributed by atoms with van der Waals surface area (Å²) in [6.45, 7) is 3.90. The summed E-state index contributed by atoms with van der Waals surface area (Å²) in [4.78, 5) is 26.3. The van der Waals surface area contributed by atoms with Crippen LogP contribution < -0.4 is 10.9 Å². The molecule has 0 aliphatic rings. The molecule has 1 aromatic carbocycles. The van der Waals surface area contributed by atoms with Crippen LogP contribution in [-0.2, 0) is 17.6 Å². The molecule has 0 bridgehead atoms. The van der Waals surface area contributed by atoms with E-state index < -0.39 is 5.56 Å². The summed E-state index contributed by atoms with van der Waals surface area (Å²) in [7, 11) is 0. The lowest BCUT2D eigenvalue weighted by Crippen LogP contribution is -2.26. The number of nitrogens with one attached hydrogen (secondary N) is 2. The molecule has 6 heteroatoms. The standard InChI is InChI=1S/C19H20FN3O2/c1-12-16(13(2)23-19(25)17(12)11-21)6-7-18(24)22-9-8-14-4-3-5-15(20)10-14/h3-5,10H,6-9H2,1-2H3,(H,22,24)(H,23,25). The monoisotopic (exact) mass is 341 g/mol. The Morgan fingerprint density at radius 2 is 2.08 bits per heavy atom. The molecule has 2 aromatic rings. The van der Waals surface area contributed by atoms with Gasteiger partial charge in [0.05, 0.1) is 0 Å². The number of aromatic nitrogens is 1. The largest absolute Gasteiger partial charge is 0.356 e. The van der Waals surface area contributed by atoms with Crippen LogP contribution in [0.25, 0.3) is 0 Å². The molecule has 0 unspecified atom stereocenters. The number of benzene rings is 1. The molecule has 0 saturated heterocycles. The smallest absolute Gasteiger partial charge is 0.266 e. The minimum absolute atomic E-state index is 0.0899. The number of pyridine rings is 1. The first kappa shape index (κ1) is 18.4. The molecule has 0 spiro atoms. The maximum absolute atomic E-state index is 13.1. The minimum atomic E-state index is -0.402. The van der Waals surface area contributed by atoms with Gasteiger partial charge in [-0.3, -0.25) is 9.59 Å². The minimum Gasteiger partial charge on any atom is -0.356 e. The lowest BCUT2D eigenvalue weighted by molar-refractivity contribution is -0.121. The Hall–Kier alpha value is -2.94. The Morgan fingerprint density at radius 3 is 2.76 bits per heavy atom. The molecule has 0 atom stereocenters. The fraction of sp³-hybridized carbons (Fsp3) is 0.316. The zero-order valence-corrected chi connectivity index (χ0v) is 14.3. The van der Waals surface area contributed by atoms with Crippen molar-refractivity contribution in [3.8, 4) is 6.07 Å². The van der Waals surface area contributed by atoms with Crippen molar-refractivity contribution in [2.45, 2.75) is 33.1 Å². The van der Waals surface area contributed by atoms with Crippen LogP contribution in [0.1, 0.15) is 34.4 Å². The number of nitriles is 1. The SMILES string of the molecule is Cc1[nH]c(=O)c(C#N)c(C)c1CCC(=O)NCCc1cccc(F)c1. The third-order valence-corrected chi connectivity index (χ3v) is 4.15. The maximum atomic E-state index is 13.1. The van der Waals surface area contributed by atoms with Crippen molar-refractivity contribution in [1.29, 1.82) is 5.26 Å². The summed E-state index contributed by atoms with van der Waals surface area (Å²) >= 11 is 0. The van der Waals surface area contributed by atoms with Crippen LogP contribution in [0.15, 0.2) is 29.1 Å². The number of carbonyl (C=O) groups excluding carboxylic acids is 1. The third kappa shape index (κ3) is 4.77. The Morgan fingerprint density at radius 1 is 1.32 bits per heavy atom. The summed E-state index contributed by atoms with van der Waals surface area (Å²) in [6.07, 6.45) is 1.25. The van der Waals surface area contributed by atoms with Crippen LogP contribution in [0.4, 0.5) is 4.39 Å². The summed E-state index contributed by atoms with van der Waals surface area (Å²) in [5, 5.41) is 11.9. The number of halogens is 1. The van der Waals surface area contributed by atoms with Gasteiger partial charge in [0.1, 0.15) is 17.4 Å². The number of aromatic amines is 1. The predicted molar refractivity (Wildman–Crippen MR) is 92.7 cm³/mol. The van der Waals surface area contributed by atoms with Crippen LogP contribution in [0.5, 0.6) is 0 Å². The highest BCUT2D eigenvalue weighted by Gasteiger charge is 2.13. The van der Waals surface area contributed by atoms with Crippen molar-refractivity contribution in [2.75, 3.05) is 6.54 Å². The van der Waals surface area contributed by atoms with E-state index in [0.29, 0.717) is 30.6 Å². The summed E-state index contributed by atoms with van der Waals surface area (Å²) in [6, 6.07) is 8.18. The molecule has 25 heavy (non-hydrogen) atoms. The first-order chi connectivity index (χ1) is 11.9. The predicted octanol–water partition coefficient (Wildman–Crippen LogP) is 2.29. The van der Waals surface area contributed by atoms with Gasteiger partial charge in [0.2, 0.25) is 5.91 Å². The van der Waals surface area contributed by atoms with Gasteiger partial charge < -0.3 is 10.3 Å². The average Bonchev–Trinajstić information content (AvgIpc) is 2.54. The van der Waals surface area contributed by atoms with Gasteiger partial charge in [0, 0.05) is 18.7 Å². The van der Waals surface area contributed by atoms with Crippen molar-refractivity contribution < 1.29 is 9.18 Å². The van der Waals surface area contributed by atoms with E-state index in [9.17, 15) is 14.0 Å². The molecular weight excluding hydrogens is 321 g/mol. The average molecular weight is 341 g/mol. The Balaban J connectivity index is 1.90. The zero-order valence-electron chi connectivity index (χ0n) is 14.3. The van der Waals surface area contributed by atoms with Crippen molar-refractivity contribution in [1.82, 2.24) is 10.3 Å². The molecular formula is C19H20FN3O2. The molecule has 2 N–H and O–H groups in total. The van der Waals surface area contributed by atoms with Crippen molar-refractivity contribution in [2.24, 2.45) is 0 Å². The first-order valence-electron chi connectivity index (χ1n) is 8.06. The van der Waals surface area contributed by atoms with Crippen molar-refractivity contribution >= 4 is 5.91 Å². The number of amides is 1. The number of carbonyl (C=O) groups is 1. The highest BCUT2D eigenvalue weighted by atomic mass is 19.1. The van der Waals surface area contributed by atoms with Crippen molar-refractivity contribution in [3.63, 3.8) is 0 Å². The molecule has 2 rings (SSSR count). The Bertz CT molecular complexity index is 881. The Kier molecular flexibility index (Phi) is 6.07. The maximum Gasteiger partial charge on any atom is 0.266 e. The van der Waals surface area contributed by atoms with E-state index in [1.165, 1.54) is 12.1 Å². The third-order valence-electron chi connectivity index (χ3n) is 4.15. The van der Waals surface area contributed by atoms with E-state index in [-0.39, 0.29) is 23.7 Å². The highest BCUT2D eigenvalue weighted by molar-refractivity contribution is 5.76. The van der Waals surface area contributed by atoms with Gasteiger partial charge >= 0.3 is 0 Å². The number of hydrogen-bond donors (Lipinski definition) is 2. The van der Waals surface area contributed by atoms with Gasteiger partial charge in [-0.05, 0) is 55.5 Å². The fourth-order valence-electron chi connectivity index (χ4n) is 2.79. The van der Waals surface area contributed by atoms with Crippen LogP contribution in [0, 0.1) is 31.0 Å². The van der Waals surface area contributed by atoms with Crippen LogP contribution in [-0.4, -0.2) is 17.4 Å². The molecule has 0 aliphatic carbocycles. The van der Waals surface area contributed by atoms with Crippen LogP contribution in [0.3, 0.4) is 0 Å². The van der Waals surface area contributed by atoms with E-state index in [0.717, 1.165) is 11.1 Å². The second-order valence-electron chi connectivity index (χ2n) is 5.90. The highest BCUT2D eigenvalue weighted by Crippen LogP contribution is 2.14. The molecule has 130 valence electrons. The lowest BCUT2D eigenvalue weighted by atomic mass is 9.99. The molecule has 1 aromatic heterocycles. The number of rotatable bonds is 6. The molecule has 0 aliphatic heterocycles. The molecule has 1 amide bonds. The topological polar surface area (TPSA) is 85.8 Å². The molecule has 0 fully saturated rings. The summed E-state index contributed by atoms with van der Waals surface area (Å²) in [5.41, 5.74) is 2.63. The van der Waals surface area contributed by atoms with Gasteiger partial charge in [0.25, 0.3) is 5.56 Å². The van der Waals surface area contributed by atoms with E-state index in [1.807, 2.05) is 12.1 Å². The van der Waals surface area contributed by atoms with E-state index in [2.05, 4.69) is 10.3 Å². The first-order valence-corrected chi connectivity index (χ1v) is 8.06. The molecule has 0 saturated carbocycles. The quantitative estimate of drug-likeness (QED) is 0.845. The molecule has 0 radical (unpaired) electrons. The molecule has 1 heterocycles. The van der Waals surface area contributed by atoms with Gasteiger partial charge in [0.15, 0.2) is 0 Å². The van der Waals surface area contributed by atoms with Gasteiger partial charge in [-0.15, -0.1) is 0 Å².